The van der Waals surface area contributed by atoms with Gasteiger partial charge in [-0.15, -0.1) is 0 Å². The summed E-state index contributed by atoms with van der Waals surface area (Å²) in [4.78, 5) is 15.5. The highest BCUT2D eigenvalue weighted by Gasteiger charge is 2.41. The molecule has 0 unspecified atom stereocenters. The van der Waals surface area contributed by atoms with Crippen LogP contribution in [0.3, 0.4) is 0 Å². The molecule has 3 atom stereocenters. The molecule has 1 aromatic rings. The molecule has 5 heteroatoms. The van der Waals surface area contributed by atoms with Crippen molar-refractivity contribution < 1.29 is 9.53 Å². The predicted octanol–water partition coefficient (Wildman–Crippen LogP) is 3.25. The van der Waals surface area contributed by atoms with Gasteiger partial charge in [-0.05, 0) is 62.5 Å². The molecule has 0 saturated carbocycles. The Morgan fingerprint density at radius 3 is 2.62 bits per heavy atom. The Labute approximate surface area is 193 Å². The maximum atomic E-state index is 13.1. The zero-order valence-corrected chi connectivity index (χ0v) is 19.7. The first kappa shape index (κ1) is 23.2. The van der Waals surface area contributed by atoms with Gasteiger partial charge in [-0.3, -0.25) is 9.69 Å². The normalized spacial score (nSPS) is 26.1. The molecule has 3 aliphatic rings. The van der Waals surface area contributed by atoms with Crippen molar-refractivity contribution in [1.82, 2.24) is 15.5 Å². The van der Waals surface area contributed by atoms with E-state index >= 15 is 0 Å². The molecular formula is C27H39N3O2. The first-order valence-corrected chi connectivity index (χ1v) is 12.2. The third kappa shape index (κ3) is 5.51. The van der Waals surface area contributed by atoms with E-state index in [2.05, 4.69) is 59.4 Å². The van der Waals surface area contributed by atoms with E-state index in [1.54, 1.807) is 7.11 Å². The minimum atomic E-state index is -0.0724. The molecule has 5 nitrogen and oxygen atoms in total. The van der Waals surface area contributed by atoms with Gasteiger partial charge in [0.1, 0.15) is 0 Å². The molecule has 0 radical (unpaired) electrons. The fourth-order valence-electron chi connectivity index (χ4n) is 5.61. The first-order valence-electron chi connectivity index (χ1n) is 12.2. The molecule has 2 N–H and O–H groups in total. The summed E-state index contributed by atoms with van der Waals surface area (Å²) in [5, 5.41) is 6.87. The Balaban J connectivity index is 1.37. The maximum Gasteiger partial charge on any atom is 0.237 e. The topological polar surface area (TPSA) is 53.6 Å². The van der Waals surface area contributed by atoms with Crippen LogP contribution < -0.4 is 10.6 Å². The molecule has 1 aromatic carbocycles. The lowest BCUT2D eigenvalue weighted by Crippen LogP contribution is -2.48. The van der Waals surface area contributed by atoms with Crippen molar-refractivity contribution in [3.8, 4) is 0 Å². The van der Waals surface area contributed by atoms with Crippen LogP contribution in [0.4, 0.5) is 0 Å². The number of ether oxygens (including phenoxy) is 1. The van der Waals surface area contributed by atoms with Gasteiger partial charge in [-0.25, -0.2) is 0 Å². The predicted molar refractivity (Wildman–Crippen MR) is 130 cm³/mol. The first-order chi connectivity index (χ1) is 15.5. The molecule has 1 saturated heterocycles. The molecule has 32 heavy (non-hydrogen) atoms. The van der Waals surface area contributed by atoms with Crippen molar-refractivity contribution in [1.29, 1.82) is 0 Å². The van der Waals surface area contributed by atoms with E-state index in [-0.39, 0.29) is 11.9 Å². The Bertz CT molecular complexity index is 824. The number of nitrogens with one attached hydrogen (secondary N) is 2. The summed E-state index contributed by atoms with van der Waals surface area (Å²) in [7, 11) is 1.67. The number of benzene rings is 1. The lowest BCUT2D eigenvalue weighted by molar-refractivity contribution is -0.126. The van der Waals surface area contributed by atoms with E-state index in [1.165, 1.54) is 28.7 Å². The van der Waals surface area contributed by atoms with Crippen LogP contribution >= 0.6 is 0 Å². The number of carbonyl (C=O) groups is 1. The number of hydrogen-bond donors (Lipinski definition) is 2. The molecule has 4 rings (SSSR count). The monoisotopic (exact) mass is 437 g/mol. The summed E-state index contributed by atoms with van der Waals surface area (Å²) < 4.78 is 5.12. The van der Waals surface area contributed by atoms with Crippen molar-refractivity contribution >= 4 is 5.91 Å². The Kier molecular flexibility index (Phi) is 7.82. The molecule has 0 spiro atoms. The summed E-state index contributed by atoms with van der Waals surface area (Å²) >= 11 is 0. The molecule has 1 fully saturated rings. The standard InChI is InChI=1S/C27H39N3O2/c1-19(2)21-10-8-20(9-11-21)17-29-24-16-26(27(31)28-12-13-32-3)30(18-24)25-14-22-6-4-5-7-23(22)15-25/h4-8,21,24-26,29H,1,9-18H2,2-3H3,(H,28,31)/t21-,24-,26+/m1/s1. The summed E-state index contributed by atoms with van der Waals surface area (Å²) in [5.41, 5.74) is 5.69. The number of likely N-dealkylation sites (tertiary alicyclic amines) is 1. The van der Waals surface area contributed by atoms with E-state index in [0.717, 1.165) is 45.2 Å². The minimum absolute atomic E-state index is 0.0724. The number of fused-ring (bicyclic) bond motifs is 1. The second kappa shape index (κ2) is 10.8. The molecule has 0 bridgehead atoms. The van der Waals surface area contributed by atoms with Gasteiger partial charge < -0.3 is 15.4 Å². The van der Waals surface area contributed by atoms with E-state index in [4.69, 9.17) is 4.74 Å². The Morgan fingerprint density at radius 2 is 2.00 bits per heavy atom. The summed E-state index contributed by atoms with van der Waals surface area (Å²) in [6.45, 7) is 9.26. The highest BCUT2D eigenvalue weighted by molar-refractivity contribution is 5.82. The average molecular weight is 438 g/mol. The Morgan fingerprint density at radius 1 is 1.25 bits per heavy atom. The highest BCUT2D eigenvalue weighted by Crippen LogP contribution is 2.31. The van der Waals surface area contributed by atoms with Gasteiger partial charge in [-0.2, -0.15) is 0 Å². The SMILES string of the molecule is C=C(C)[C@@H]1CC=C(CN[C@@H]2C[C@@H](C(=O)NCCOC)N(C3Cc4ccccc4C3)C2)CC1. The molecule has 1 amide bonds. The van der Waals surface area contributed by atoms with Gasteiger partial charge in [0.15, 0.2) is 0 Å². The number of methoxy groups -OCH3 is 1. The van der Waals surface area contributed by atoms with Crippen LogP contribution in [-0.4, -0.2) is 62.3 Å². The number of nitrogens with zero attached hydrogens (tertiary/aromatic N) is 1. The van der Waals surface area contributed by atoms with Crippen molar-refractivity contribution in [3.05, 3.63) is 59.2 Å². The zero-order chi connectivity index (χ0) is 22.5. The fourth-order valence-corrected chi connectivity index (χ4v) is 5.61. The van der Waals surface area contributed by atoms with Crippen molar-refractivity contribution in [3.63, 3.8) is 0 Å². The van der Waals surface area contributed by atoms with Gasteiger partial charge in [0.2, 0.25) is 5.91 Å². The highest BCUT2D eigenvalue weighted by atomic mass is 16.5. The third-order valence-electron chi connectivity index (χ3n) is 7.57. The van der Waals surface area contributed by atoms with Gasteiger partial charge in [0.25, 0.3) is 0 Å². The number of allylic oxidation sites excluding steroid dienone is 2. The van der Waals surface area contributed by atoms with Crippen molar-refractivity contribution in [2.45, 2.75) is 63.6 Å². The summed E-state index contributed by atoms with van der Waals surface area (Å²) in [5.74, 6) is 0.786. The van der Waals surface area contributed by atoms with Crippen LogP contribution in [0.2, 0.25) is 0 Å². The number of rotatable bonds is 9. The lowest BCUT2D eigenvalue weighted by Gasteiger charge is -2.29. The molecule has 1 heterocycles. The van der Waals surface area contributed by atoms with Crippen LogP contribution in [-0.2, 0) is 22.4 Å². The number of hydrogen-bond acceptors (Lipinski definition) is 4. The summed E-state index contributed by atoms with van der Waals surface area (Å²) in [6.07, 6.45) is 8.84. The van der Waals surface area contributed by atoms with E-state index in [0.29, 0.717) is 31.2 Å². The fraction of sp³-hybridized carbons (Fsp3) is 0.593. The van der Waals surface area contributed by atoms with Gasteiger partial charge in [0, 0.05) is 38.8 Å². The second-order valence-electron chi connectivity index (χ2n) is 9.82. The lowest BCUT2D eigenvalue weighted by atomic mass is 9.85. The van der Waals surface area contributed by atoms with Crippen LogP contribution in [0.5, 0.6) is 0 Å². The molecule has 1 aliphatic heterocycles. The van der Waals surface area contributed by atoms with Gasteiger partial charge in [0.05, 0.1) is 12.6 Å². The minimum Gasteiger partial charge on any atom is -0.383 e. The molecule has 0 aromatic heterocycles. The second-order valence-corrected chi connectivity index (χ2v) is 9.82. The third-order valence-corrected chi connectivity index (χ3v) is 7.57. The van der Waals surface area contributed by atoms with Crippen LogP contribution in [0.1, 0.15) is 43.7 Å². The molecular weight excluding hydrogens is 398 g/mol. The molecule has 174 valence electrons. The number of carbonyl (C=O) groups excluding carboxylic acids is 1. The average Bonchev–Trinajstić information content (AvgIpc) is 3.42. The van der Waals surface area contributed by atoms with Crippen molar-refractivity contribution in [2.24, 2.45) is 5.92 Å². The molecule has 2 aliphatic carbocycles. The van der Waals surface area contributed by atoms with Gasteiger partial charge >= 0.3 is 0 Å². The van der Waals surface area contributed by atoms with Crippen LogP contribution in [0.25, 0.3) is 0 Å². The van der Waals surface area contributed by atoms with Crippen LogP contribution in [0.15, 0.2) is 48.1 Å². The Hall–Kier alpha value is -1.95. The van der Waals surface area contributed by atoms with Crippen LogP contribution in [0, 0.1) is 5.92 Å². The quantitative estimate of drug-likeness (QED) is 0.460. The zero-order valence-electron chi connectivity index (χ0n) is 19.7. The maximum absolute atomic E-state index is 13.1. The van der Waals surface area contributed by atoms with E-state index in [1.807, 2.05) is 0 Å². The van der Waals surface area contributed by atoms with E-state index in [9.17, 15) is 4.79 Å². The summed E-state index contributed by atoms with van der Waals surface area (Å²) in [6, 6.07) is 9.41. The number of amides is 1. The van der Waals surface area contributed by atoms with Gasteiger partial charge in [-0.1, -0.05) is 48.1 Å². The smallest absolute Gasteiger partial charge is 0.237 e. The van der Waals surface area contributed by atoms with Crippen molar-refractivity contribution in [2.75, 3.05) is 33.4 Å². The van der Waals surface area contributed by atoms with E-state index < -0.39 is 0 Å². The largest absolute Gasteiger partial charge is 0.383 e.